The number of rotatable bonds is 5. The molecule has 1 aliphatic rings. The van der Waals surface area contributed by atoms with Crippen LogP contribution in [0.3, 0.4) is 0 Å². The van der Waals surface area contributed by atoms with Gasteiger partial charge < -0.3 is 4.74 Å². The molecule has 0 atom stereocenters. The lowest BCUT2D eigenvalue weighted by atomic mass is 9.83. The van der Waals surface area contributed by atoms with Crippen LogP contribution < -0.4 is 9.82 Å². The third-order valence-corrected chi connectivity index (χ3v) is 14.3. The van der Waals surface area contributed by atoms with Gasteiger partial charge in [0.05, 0.1) is 0 Å². The molecule has 0 unspecified atom stereocenters. The maximum atomic E-state index is 6.19. The molecular weight excluding hydrogens is 381 g/mol. The number of hydrogen-bond acceptors (Lipinski definition) is 2. The first-order valence-corrected chi connectivity index (χ1v) is 12.1. The van der Waals surface area contributed by atoms with E-state index in [1.54, 1.807) is 0 Å². The molecule has 1 aliphatic heterocycles. The Morgan fingerprint density at radius 3 is 2.27 bits per heavy atom. The lowest BCUT2D eigenvalue weighted by Crippen LogP contribution is -2.60. The molecule has 1 saturated heterocycles. The van der Waals surface area contributed by atoms with Crippen LogP contribution in [0.5, 0.6) is 11.5 Å². The van der Waals surface area contributed by atoms with Crippen LogP contribution >= 0.6 is 17.8 Å². The van der Waals surface area contributed by atoms with Gasteiger partial charge in [0.15, 0.2) is 0 Å². The van der Waals surface area contributed by atoms with E-state index in [0.29, 0.717) is 10.9 Å². The molecule has 5 heteroatoms. The fourth-order valence-corrected chi connectivity index (χ4v) is 9.56. The van der Waals surface area contributed by atoms with E-state index < -0.39 is 6.19 Å². The van der Waals surface area contributed by atoms with Crippen LogP contribution in [0.1, 0.15) is 40.2 Å². The molecule has 1 fully saturated rings. The van der Waals surface area contributed by atoms with Gasteiger partial charge in [0.1, 0.15) is 11.5 Å². The first-order valence-electron chi connectivity index (χ1n) is 8.96. The molecule has 0 bridgehead atoms. The van der Waals surface area contributed by atoms with Gasteiger partial charge in [-0.3, -0.25) is 5.09 Å². The van der Waals surface area contributed by atoms with Crippen molar-refractivity contribution in [2.24, 2.45) is 5.92 Å². The van der Waals surface area contributed by atoms with Gasteiger partial charge in [0.2, 0.25) is 0 Å². The van der Waals surface area contributed by atoms with Crippen LogP contribution in [0.2, 0.25) is 5.02 Å². The summed E-state index contributed by atoms with van der Waals surface area (Å²) in [5, 5.41) is 4.85. The SMILES string of the molecule is CC1C(C)(C)P(=S)(NCc2cccc(Oc3ccc(Cl)cc3)c2)C1(C)C. The van der Waals surface area contributed by atoms with E-state index in [4.69, 9.17) is 28.1 Å². The maximum absolute atomic E-state index is 6.19. The van der Waals surface area contributed by atoms with Crippen molar-refractivity contribution in [2.75, 3.05) is 0 Å². The zero-order valence-electron chi connectivity index (χ0n) is 16.0. The van der Waals surface area contributed by atoms with Crippen molar-refractivity contribution in [2.45, 2.75) is 51.5 Å². The van der Waals surface area contributed by atoms with E-state index in [1.807, 2.05) is 36.4 Å². The van der Waals surface area contributed by atoms with Gasteiger partial charge in [-0.05, 0) is 47.9 Å². The Labute approximate surface area is 167 Å². The Hall–Kier alpha value is -0.860. The topological polar surface area (TPSA) is 21.3 Å². The lowest BCUT2D eigenvalue weighted by Gasteiger charge is -2.66. The zero-order chi connectivity index (χ0) is 19.2. The fourth-order valence-electron chi connectivity index (χ4n) is 4.05. The van der Waals surface area contributed by atoms with E-state index in [-0.39, 0.29) is 10.3 Å². The van der Waals surface area contributed by atoms with Crippen molar-refractivity contribution in [3.05, 3.63) is 59.1 Å². The smallest absolute Gasteiger partial charge is 0.127 e. The predicted octanol–water partition coefficient (Wildman–Crippen LogP) is 6.82. The third-order valence-electron chi connectivity index (χ3n) is 6.20. The minimum absolute atomic E-state index is 0.184. The Kier molecular flexibility index (Phi) is 5.31. The van der Waals surface area contributed by atoms with Crippen molar-refractivity contribution >= 4 is 29.6 Å². The summed E-state index contributed by atoms with van der Waals surface area (Å²) in [6.45, 7) is 12.4. The standard InChI is InChI=1S/C21H27ClNOPS/c1-15-20(2,3)25(26,21(15,4)5)23-14-16-7-6-8-19(13-16)24-18-11-9-17(22)10-12-18/h6-13,15H,14H2,1-5H3,(H,23,26). The Balaban J connectivity index is 1.72. The van der Waals surface area contributed by atoms with Gasteiger partial charge in [-0.15, -0.1) is 0 Å². The first kappa shape index (κ1) is 19.9. The molecule has 26 heavy (non-hydrogen) atoms. The van der Waals surface area contributed by atoms with Gasteiger partial charge in [0, 0.05) is 28.1 Å². The monoisotopic (exact) mass is 407 g/mol. The van der Waals surface area contributed by atoms with Gasteiger partial charge in [-0.1, -0.05) is 70.2 Å². The quantitative estimate of drug-likeness (QED) is 0.549. The van der Waals surface area contributed by atoms with Crippen LogP contribution in [0.4, 0.5) is 0 Å². The number of hydrogen-bond donors (Lipinski definition) is 1. The third kappa shape index (κ3) is 3.24. The van der Waals surface area contributed by atoms with Crippen molar-refractivity contribution in [3.8, 4) is 11.5 Å². The predicted molar refractivity (Wildman–Crippen MR) is 116 cm³/mol. The second-order valence-electron chi connectivity index (χ2n) is 8.18. The molecule has 0 aliphatic carbocycles. The van der Waals surface area contributed by atoms with Crippen LogP contribution in [0.15, 0.2) is 48.5 Å². The summed E-state index contributed by atoms with van der Waals surface area (Å²) in [6, 6.07) is 15.6. The average Bonchev–Trinajstić information content (AvgIpc) is 2.60. The highest BCUT2D eigenvalue weighted by atomic mass is 35.5. The van der Waals surface area contributed by atoms with Crippen molar-refractivity contribution < 1.29 is 4.74 Å². The first-order chi connectivity index (χ1) is 12.1. The summed E-state index contributed by atoms with van der Waals surface area (Å²) in [5.41, 5.74) is 1.19. The molecule has 1 N–H and O–H groups in total. The summed E-state index contributed by atoms with van der Waals surface area (Å²) >= 11 is 12.1. The van der Waals surface area contributed by atoms with Crippen molar-refractivity contribution in [1.29, 1.82) is 0 Å². The number of ether oxygens (including phenoxy) is 1. The zero-order valence-corrected chi connectivity index (χ0v) is 18.5. The van der Waals surface area contributed by atoms with Crippen molar-refractivity contribution in [1.82, 2.24) is 5.09 Å². The lowest BCUT2D eigenvalue weighted by molar-refractivity contribution is 0.296. The summed E-state index contributed by atoms with van der Waals surface area (Å²) in [4.78, 5) is 0. The van der Waals surface area contributed by atoms with Crippen LogP contribution in [-0.4, -0.2) is 10.3 Å². The average molecular weight is 408 g/mol. The molecule has 0 aromatic heterocycles. The molecule has 3 rings (SSSR count). The van der Waals surface area contributed by atoms with E-state index >= 15 is 0 Å². The molecule has 2 aromatic rings. The number of halogens is 1. The summed E-state index contributed by atoms with van der Waals surface area (Å²) in [7, 11) is 0. The molecule has 1 heterocycles. The fraction of sp³-hybridized carbons (Fsp3) is 0.429. The van der Waals surface area contributed by atoms with Gasteiger partial charge >= 0.3 is 0 Å². The van der Waals surface area contributed by atoms with E-state index in [9.17, 15) is 0 Å². The number of nitrogens with one attached hydrogen (secondary N) is 1. The summed E-state index contributed by atoms with van der Waals surface area (Å²) in [6.07, 6.45) is -1.68. The minimum Gasteiger partial charge on any atom is -0.457 e. The van der Waals surface area contributed by atoms with Gasteiger partial charge in [0.25, 0.3) is 0 Å². The summed E-state index contributed by atoms with van der Waals surface area (Å²) < 4.78 is 5.94. The highest BCUT2D eigenvalue weighted by Crippen LogP contribution is 2.79. The van der Waals surface area contributed by atoms with E-state index in [2.05, 4.69) is 51.8 Å². The van der Waals surface area contributed by atoms with E-state index in [1.165, 1.54) is 5.56 Å². The molecule has 0 amide bonds. The molecule has 2 nitrogen and oxygen atoms in total. The highest BCUT2D eigenvalue weighted by Gasteiger charge is 2.63. The molecule has 0 radical (unpaired) electrons. The van der Waals surface area contributed by atoms with Crippen molar-refractivity contribution in [3.63, 3.8) is 0 Å². The van der Waals surface area contributed by atoms with Gasteiger partial charge in [-0.2, -0.15) is 0 Å². The Morgan fingerprint density at radius 1 is 1.04 bits per heavy atom. The van der Waals surface area contributed by atoms with E-state index in [0.717, 1.165) is 18.0 Å². The molecule has 0 spiro atoms. The molecule has 140 valence electrons. The molecular formula is C21H27ClNOPS. The molecule has 0 saturated carbocycles. The Bertz CT molecular complexity index is 827. The van der Waals surface area contributed by atoms with Crippen LogP contribution in [0.25, 0.3) is 0 Å². The number of benzene rings is 2. The summed E-state index contributed by atoms with van der Waals surface area (Å²) in [5.74, 6) is 2.22. The second-order valence-corrected chi connectivity index (χ2v) is 14.1. The largest absolute Gasteiger partial charge is 0.457 e. The molecule has 2 aromatic carbocycles. The normalized spacial score (nSPS) is 26.2. The van der Waals surface area contributed by atoms with Gasteiger partial charge in [-0.25, -0.2) is 0 Å². The highest BCUT2D eigenvalue weighted by molar-refractivity contribution is 8.15. The Morgan fingerprint density at radius 2 is 1.65 bits per heavy atom. The minimum atomic E-state index is -1.68. The van der Waals surface area contributed by atoms with Crippen LogP contribution in [-0.2, 0) is 18.4 Å². The van der Waals surface area contributed by atoms with Crippen LogP contribution in [0, 0.1) is 5.92 Å². The maximum Gasteiger partial charge on any atom is 0.127 e. The second kappa shape index (κ2) is 6.95.